The molecule has 1 fully saturated rings. The molecule has 12 heavy (non-hydrogen) atoms. The Morgan fingerprint density at radius 1 is 1.50 bits per heavy atom. The van der Waals surface area contributed by atoms with Gasteiger partial charge in [-0.3, -0.25) is 0 Å². The van der Waals surface area contributed by atoms with Crippen molar-refractivity contribution in [1.29, 1.82) is 0 Å². The standard InChI is InChI=1S/C12H14/c1-2-3-4-6-10-7-5-8-11-9-12(10)11/h2-3,5,7,10-12H,8-9H2,1H3. The molecule has 0 bridgehead atoms. The number of fused-ring (bicyclic) bond motifs is 1. The summed E-state index contributed by atoms with van der Waals surface area (Å²) in [6, 6.07) is 0. The minimum atomic E-state index is 0.556. The summed E-state index contributed by atoms with van der Waals surface area (Å²) >= 11 is 0. The van der Waals surface area contributed by atoms with Crippen LogP contribution in [-0.2, 0) is 0 Å². The first-order chi connectivity index (χ1) is 5.92. The van der Waals surface area contributed by atoms with Crippen molar-refractivity contribution in [3.63, 3.8) is 0 Å². The molecule has 2 aliphatic rings. The molecule has 3 atom stereocenters. The summed E-state index contributed by atoms with van der Waals surface area (Å²) < 4.78 is 0. The predicted octanol–water partition coefficient (Wildman–Crippen LogP) is 2.78. The number of hydrogen-bond acceptors (Lipinski definition) is 0. The van der Waals surface area contributed by atoms with E-state index in [2.05, 4.69) is 24.0 Å². The molecule has 0 aromatic carbocycles. The summed E-state index contributed by atoms with van der Waals surface area (Å²) in [5, 5.41) is 0. The first-order valence-electron chi connectivity index (χ1n) is 4.70. The largest absolute Gasteiger partial charge is 0.0907 e. The van der Waals surface area contributed by atoms with Gasteiger partial charge in [0, 0.05) is 5.92 Å². The Morgan fingerprint density at radius 3 is 3.25 bits per heavy atom. The molecule has 2 rings (SSSR count). The summed E-state index contributed by atoms with van der Waals surface area (Å²) in [5.41, 5.74) is 0. The van der Waals surface area contributed by atoms with Gasteiger partial charge in [0.2, 0.25) is 0 Å². The molecule has 0 heteroatoms. The maximum absolute atomic E-state index is 3.29. The zero-order valence-electron chi connectivity index (χ0n) is 7.46. The molecular formula is C12H14. The minimum Gasteiger partial charge on any atom is -0.0907 e. The topological polar surface area (TPSA) is 0 Å². The summed E-state index contributed by atoms with van der Waals surface area (Å²) in [6.45, 7) is 2.01. The lowest BCUT2D eigenvalue weighted by atomic mass is 9.96. The van der Waals surface area contributed by atoms with Crippen LogP contribution < -0.4 is 0 Å². The van der Waals surface area contributed by atoms with Gasteiger partial charge in [0.1, 0.15) is 0 Å². The molecular weight excluding hydrogens is 144 g/mol. The summed E-state index contributed by atoms with van der Waals surface area (Å²) in [7, 11) is 0. The Labute approximate surface area is 74.4 Å². The van der Waals surface area contributed by atoms with Gasteiger partial charge < -0.3 is 0 Å². The van der Waals surface area contributed by atoms with Crippen molar-refractivity contribution in [3.8, 4) is 11.8 Å². The van der Waals surface area contributed by atoms with E-state index in [1.54, 1.807) is 0 Å². The van der Waals surface area contributed by atoms with Crippen LogP contribution in [0.1, 0.15) is 19.8 Å². The Hall–Kier alpha value is -0.960. The normalized spacial score (nSPS) is 37.2. The summed E-state index contributed by atoms with van der Waals surface area (Å²) in [4.78, 5) is 0. The van der Waals surface area contributed by atoms with Crippen molar-refractivity contribution >= 4 is 0 Å². The maximum Gasteiger partial charge on any atom is 0.0417 e. The molecule has 3 unspecified atom stereocenters. The van der Waals surface area contributed by atoms with Crippen molar-refractivity contribution in [1.82, 2.24) is 0 Å². The van der Waals surface area contributed by atoms with Crippen LogP contribution in [0.3, 0.4) is 0 Å². The van der Waals surface area contributed by atoms with Crippen molar-refractivity contribution in [2.75, 3.05) is 0 Å². The van der Waals surface area contributed by atoms with E-state index in [0.29, 0.717) is 5.92 Å². The van der Waals surface area contributed by atoms with E-state index in [1.807, 2.05) is 19.1 Å². The zero-order valence-corrected chi connectivity index (χ0v) is 7.46. The van der Waals surface area contributed by atoms with E-state index in [1.165, 1.54) is 12.8 Å². The fourth-order valence-corrected chi connectivity index (χ4v) is 1.91. The average molecular weight is 158 g/mol. The second-order valence-corrected chi connectivity index (χ2v) is 3.64. The average Bonchev–Trinajstić information content (AvgIpc) is 2.84. The van der Waals surface area contributed by atoms with Crippen LogP contribution >= 0.6 is 0 Å². The van der Waals surface area contributed by atoms with E-state index >= 15 is 0 Å². The lowest BCUT2D eigenvalue weighted by Crippen LogP contribution is -2.01. The molecule has 0 heterocycles. The number of allylic oxidation sites excluding steroid dienone is 4. The van der Waals surface area contributed by atoms with Gasteiger partial charge >= 0.3 is 0 Å². The maximum atomic E-state index is 3.29. The zero-order chi connectivity index (χ0) is 8.39. The van der Waals surface area contributed by atoms with Crippen LogP contribution in [0.25, 0.3) is 0 Å². The van der Waals surface area contributed by atoms with Crippen LogP contribution in [0.5, 0.6) is 0 Å². The number of hydrogen-bond donors (Lipinski definition) is 0. The van der Waals surface area contributed by atoms with Crippen molar-refractivity contribution in [2.45, 2.75) is 19.8 Å². The van der Waals surface area contributed by atoms with E-state index in [9.17, 15) is 0 Å². The molecule has 0 N–H and O–H groups in total. The van der Waals surface area contributed by atoms with Crippen LogP contribution in [0.2, 0.25) is 0 Å². The van der Waals surface area contributed by atoms with Crippen LogP contribution in [0.15, 0.2) is 24.3 Å². The molecule has 0 aromatic heterocycles. The summed E-state index contributed by atoms with van der Waals surface area (Å²) in [6.07, 6.45) is 11.2. The van der Waals surface area contributed by atoms with E-state index in [0.717, 1.165) is 11.8 Å². The highest BCUT2D eigenvalue weighted by atomic mass is 14.5. The third kappa shape index (κ3) is 1.46. The van der Waals surface area contributed by atoms with Gasteiger partial charge in [-0.1, -0.05) is 30.1 Å². The molecule has 0 amide bonds. The highest BCUT2D eigenvalue weighted by Crippen LogP contribution is 2.49. The predicted molar refractivity (Wildman–Crippen MR) is 51.4 cm³/mol. The van der Waals surface area contributed by atoms with Gasteiger partial charge in [-0.2, -0.15) is 0 Å². The molecule has 1 saturated carbocycles. The Morgan fingerprint density at radius 2 is 2.42 bits per heavy atom. The highest BCUT2D eigenvalue weighted by Gasteiger charge is 2.42. The van der Waals surface area contributed by atoms with Crippen LogP contribution in [0, 0.1) is 29.6 Å². The molecule has 0 spiro atoms. The molecule has 0 radical (unpaired) electrons. The van der Waals surface area contributed by atoms with Gasteiger partial charge in [0.25, 0.3) is 0 Å². The quantitative estimate of drug-likeness (QED) is 0.375. The second-order valence-electron chi connectivity index (χ2n) is 3.64. The molecule has 2 aliphatic carbocycles. The van der Waals surface area contributed by atoms with Crippen molar-refractivity contribution < 1.29 is 0 Å². The Balaban J connectivity index is 2.00. The second kappa shape index (κ2) is 3.19. The molecule has 62 valence electrons. The molecule has 0 saturated heterocycles. The SMILES string of the molecule is CC=CC#CC1C=CCC2CC12. The van der Waals surface area contributed by atoms with Gasteiger partial charge in [-0.15, -0.1) is 0 Å². The van der Waals surface area contributed by atoms with Gasteiger partial charge in [0.15, 0.2) is 0 Å². The minimum absolute atomic E-state index is 0.556. The van der Waals surface area contributed by atoms with E-state index in [4.69, 9.17) is 0 Å². The first kappa shape index (κ1) is 7.68. The van der Waals surface area contributed by atoms with Crippen LogP contribution in [-0.4, -0.2) is 0 Å². The fourth-order valence-electron chi connectivity index (χ4n) is 1.91. The molecule has 0 aromatic rings. The smallest absolute Gasteiger partial charge is 0.0417 e. The van der Waals surface area contributed by atoms with E-state index < -0.39 is 0 Å². The fraction of sp³-hybridized carbons (Fsp3) is 0.500. The van der Waals surface area contributed by atoms with Crippen LogP contribution in [0.4, 0.5) is 0 Å². The highest BCUT2D eigenvalue weighted by molar-refractivity contribution is 5.24. The lowest BCUT2D eigenvalue weighted by Gasteiger charge is -2.07. The summed E-state index contributed by atoms with van der Waals surface area (Å²) in [5.74, 6) is 8.79. The van der Waals surface area contributed by atoms with Crippen molar-refractivity contribution in [2.24, 2.45) is 17.8 Å². The molecule has 0 nitrogen and oxygen atoms in total. The van der Waals surface area contributed by atoms with Crippen molar-refractivity contribution in [3.05, 3.63) is 24.3 Å². The Kier molecular flexibility index (Phi) is 2.04. The van der Waals surface area contributed by atoms with Gasteiger partial charge in [-0.05, 0) is 37.7 Å². The third-order valence-electron chi connectivity index (χ3n) is 2.72. The third-order valence-corrected chi connectivity index (χ3v) is 2.72. The first-order valence-corrected chi connectivity index (χ1v) is 4.70. The number of rotatable bonds is 0. The van der Waals surface area contributed by atoms with Gasteiger partial charge in [0.05, 0.1) is 0 Å². The Bertz CT molecular complexity index is 272. The molecule has 0 aliphatic heterocycles. The lowest BCUT2D eigenvalue weighted by molar-refractivity contribution is 0.606. The van der Waals surface area contributed by atoms with Gasteiger partial charge in [-0.25, -0.2) is 0 Å². The monoisotopic (exact) mass is 158 g/mol. The van der Waals surface area contributed by atoms with E-state index in [-0.39, 0.29) is 0 Å².